The van der Waals surface area contributed by atoms with E-state index < -0.39 is 0 Å². The van der Waals surface area contributed by atoms with Crippen molar-refractivity contribution in [3.05, 3.63) is 18.6 Å². The van der Waals surface area contributed by atoms with Gasteiger partial charge in [0.25, 0.3) is 0 Å². The Labute approximate surface area is 101 Å². The van der Waals surface area contributed by atoms with Crippen LogP contribution in [0.4, 0.5) is 5.82 Å². The molecule has 2 heterocycles. The third-order valence-electron chi connectivity index (χ3n) is 3.44. The lowest BCUT2D eigenvalue weighted by Gasteiger charge is -2.35. The van der Waals surface area contributed by atoms with Gasteiger partial charge in [-0.15, -0.1) is 0 Å². The normalized spacial score (nSPS) is 24.3. The molecule has 1 aromatic rings. The van der Waals surface area contributed by atoms with Crippen LogP contribution >= 0.6 is 0 Å². The van der Waals surface area contributed by atoms with Crippen molar-refractivity contribution in [2.24, 2.45) is 5.41 Å². The Bertz CT molecular complexity index is 373. The molecule has 0 saturated carbocycles. The van der Waals surface area contributed by atoms with Crippen LogP contribution in [-0.2, 0) is 4.79 Å². The van der Waals surface area contributed by atoms with Gasteiger partial charge in [-0.25, -0.2) is 4.98 Å². The highest BCUT2D eigenvalue weighted by molar-refractivity contribution is 5.94. The fourth-order valence-corrected chi connectivity index (χ4v) is 2.24. The summed E-state index contributed by atoms with van der Waals surface area (Å²) >= 11 is 0. The van der Waals surface area contributed by atoms with E-state index in [9.17, 15) is 4.79 Å². The summed E-state index contributed by atoms with van der Waals surface area (Å²) < 4.78 is 0. The number of hydrogen-bond acceptors (Lipinski definition) is 4. The van der Waals surface area contributed by atoms with Gasteiger partial charge in [-0.1, -0.05) is 6.92 Å². The van der Waals surface area contributed by atoms with Crippen LogP contribution in [-0.4, -0.2) is 29.0 Å². The molecule has 2 N–H and O–H groups in total. The molecular formula is C12H18N4O. The van der Waals surface area contributed by atoms with Gasteiger partial charge in [0.05, 0.1) is 11.6 Å². The number of anilines is 1. The van der Waals surface area contributed by atoms with E-state index in [1.54, 1.807) is 18.6 Å². The Morgan fingerprint density at radius 2 is 2.47 bits per heavy atom. The van der Waals surface area contributed by atoms with Crippen LogP contribution in [0.3, 0.4) is 0 Å². The van der Waals surface area contributed by atoms with E-state index in [4.69, 9.17) is 0 Å². The summed E-state index contributed by atoms with van der Waals surface area (Å²) in [5.41, 5.74) is -0.296. The van der Waals surface area contributed by atoms with E-state index in [1.807, 2.05) is 0 Å². The largest absolute Gasteiger partial charge is 0.316 e. The molecule has 17 heavy (non-hydrogen) atoms. The summed E-state index contributed by atoms with van der Waals surface area (Å²) in [6, 6.07) is 0. The van der Waals surface area contributed by atoms with Crippen molar-refractivity contribution in [3.8, 4) is 0 Å². The molecule has 0 spiro atoms. The molecular weight excluding hydrogens is 216 g/mol. The van der Waals surface area contributed by atoms with Crippen LogP contribution in [0, 0.1) is 5.41 Å². The van der Waals surface area contributed by atoms with Gasteiger partial charge in [-0.2, -0.15) is 0 Å². The van der Waals surface area contributed by atoms with Gasteiger partial charge in [-0.05, 0) is 25.8 Å². The fraction of sp³-hybridized carbons (Fsp3) is 0.583. The first kappa shape index (κ1) is 12.0. The molecule has 1 fully saturated rings. The van der Waals surface area contributed by atoms with Crippen molar-refractivity contribution in [3.63, 3.8) is 0 Å². The van der Waals surface area contributed by atoms with E-state index >= 15 is 0 Å². The number of rotatable bonds is 3. The first-order valence-electron chi connectivity index (χ1n) is 6.05. The first-order valence-corrected chi connectivity index (χ1v) is 6.05. The Balaban J connectivity index is 2.07. The Hall–Kier alpha value is -1.49. The zero-order valence-corrected chi connectivity index (χ0v) is 10.1. The van der Waals surface area contributed by atoms with Crippen molar-refractivity contribution in [1.29, 1.82) is 0 Å². The fourth-order valence-electron chi connectivity index (χ4n) is 2.24. The Morgan fingerprint density at radius 3 is 3.06 bits per heavy atom. The average Bonchev–Trinajstić information content (AvgIpc) is 2.40. The average molecular weight is 234 g/mol. The minimum Gasteiger partial charge on any atom is -0.316 e. The second kappa shape index (κ2) is 5.23. The van der Waals surface area contributed by atoms with Crippen LogP contribution in [0.25, 0.3) is 0 Å². The summed E-state index contributed by atoms with van der Waals surface area (Å²) in [6.07, 6.45) is 7.55. The van der Waals surface area contributed by atoms with Gasteiger partial charge >= 0.3 is 0 Å². The molecule has 1 aliphatic rings. The van der Waals surface area contributed by atoms with Gasteiger partial charge in [0.1, 0.15) is 0 Å². The van der Waals surface area contributed by atoms with E-state index in [0.29, 0.717) is 5.82 Å². The molecule has 1 aromatic heterocycles. The third-order valence-corrected chi connectivity index (χ3v) is 3.44. The quantitative estimate of drug-likeness (QED) is 0.824. The zero-order valence-electron chi connectivity index (χ0n) is 10.1. The first-order chi connectivity index (χ1) is 8.27. The maximum atomic E-state index is 12.3. The maximum absolute atomic E-state index is 12.3. The molecule has 5 heteroatoms. The van der Waals surface area contributed by atoms with E-state index in [1.165, 1.54) is 0 Å². The number of nitrogens with zero attached hydrogens (tertiary/aromatic N) is 2. The standard InChI is InChI=1S/C12H18N4O/c1-2-12(4-3-5-14-9-12)11(17)16-10-8-13-6-7-15-10/h6-8,14H,2-5,9H2,1H3,(H,15,16,17). The molecule has 1 unspecified atom stereocenters. The minimum absolute atomic E-state index is 0.0488. The van der Waals surface area contributed by atoms with Gasteiger partial charge in [0.2, 0.25) is 5.91 Å². The number of nitrogens with one attached hydrogen (secondary N) is 2. The van der Waals surface area contributed by atoms with Gasteiger partial charge in [0, 0.05) is 18.9 Å². The van der Waals surface area contributed by atoms with Crippen molar-refractivity contribution >= 4 is 11.7 Å². The third kappa shape index (κ3) is 2.61. The number of piperidine rings is 1. The maximum Gasteiger partial charge on any atom is 0.233 e. The second-order valence-corrected chi connectivity index (χ2v) is 4.46. The zero-order chi connectivity index (χ0) is 12.1. The highest BCUT2D eigenvalue weighted by atomic mass is 16.2. The number of carbonyl (C=O) groups excluding carboxylic acids is 1. The van der Waals surface area contributed by atoms with Crippen molar-refractivity contribution in [2.45, 2.75) is 26.2 Å². The molecule has 92 valence electrons. The van der Waals surface area contributed by atoms with E-state index in [0.717, 1.165) is 32.4 Å². The van der Waals surface area contributed by atoms with Crippen LogP contribution in [0.2, 0.25) is 0 Å². The van der Waals surface area contributed by atoms with Gasteiger partial charge in [-0.3, -0.25) is 9.78 Å². The summed E-state index contributed by atoms with van der Waals surface area (Å²) in [6.45, 7) is 3.80. The highest BCUT2D eigenvalue weighted by Crippen LogP contribution is 2.31. The molecule has 0 radical (unpaired) electrons. The predicted molar refractivity (Wildman–Crippen MR) is 65.5 cm³/mol. The molecule has 1 amide bonds. The monoisotopic (exact) mass is 234 g/mol. The number of hydrogen-bond donors (Lipinski definition) is 2. The summed E-state index contributed by atoms with van der Waals surface area (Å²) in [4.78, 5) is 20.3. The molecule has 0 aromatic carbocycles. The second-order valence-electron chi connectivity index (χ2n) is 4.46. The SMILES string of the molecule is CCC1(C(=O)Nc2cnccn2)CCCNC1. The van der Waals surface area contributed by atoms with Crippen LogP contribution < -0.4 is 10.6 Å². The number of amides is 1. The van der Waals surface area contributed by atoms with Crippen LogP contribution in [0.5, 0.6) is 0 Å². The van der Waals surface area contributed by atoms with E-state index in [2.05, 4.69) is 27.5 Å². The topological polar surface area (TPSA) is 66.9 Å². The molecule has 5 nitrogen and oxygen atoms in total. The summed E-state index contributed by atoms with van der Waals surface area (Å²) in [5, 5.41) is 6.15. The molecule has 2 rings (SSSR count). The lowest BCUT2D eigenvalue weighted by Crippen LogP contribution is -2.47. The summed E-state index contributed by atoms with van der Waals surface area (Å²) in [5.74, 6) is 0.573. The van der Waals surface area contributed by atoms with E-state index in [-0.39, 0.29) is 11.3 Å². The lowest BCUT2D eigenvalue weighted by atomic mass is 9.77. The van der Waals surface area contributed by atoms with Crippen molar-refractivity contribution in [1.82, 2.24) is 15.3 Å². The highest BCUT2D eigenvalue weighted by Gasteiger charge is 2.37. The lowest BCUT2D eigenvalue weighted by molar-refractivity contribution is -0.126. The predicted octanol–water partition coefficient (Wildman–Crippen LogP) is 1.19. The molecule has 1 atom stereocenters. The van der Waals surface area contributed by atoms with Gasteiger partial charge in [0.15, 0.2) is 5.82 Å². The van der Waals surface area contributed by atoms with Crippen LogP contribution in [0.15, 0.2) is 18.6 Å². The molecule has 1 saturated heterocycles. The number of aromatic nitrogens is 2. The molecule has 1 aliphatic heterocycles. The molecule has 0 bridgehead atoms. The van der Waals surface area contributed by atoms with Gasteiger partial charge < -0.3 is 10.6 Å². The summed E-state index contributed by atoms with van der Waals surface area (Å²) in [7, 11) is 0. The number of carbonyl (C=O) groups is 1. The van der Waals surface area contributed by atoms with Crippen molar-refractivity contribution < 1.29 is 4.79 Å². The Morgan fingerprint density at radius 1 is 1.59 bits per heavy atom. The van der Waals surface area contributed by atoms with Crippen molar-refractivity contribution in [2.75, 3.05) is 18.4 Å². The van der Waals surface area contributed by atoms with Crippen LogP contribution in [0.1, 0.15) is 26.2 Å². The minimum atomic E-state index is -0.296. The smallest absolute Gasteiger partial charge is 0.233 e. The Kier molecular flexibility index (Phi) is 3.68. The molecule has 0 aliphatic carbocycles.